The molecule has 0 amide bonds. The number of hydrogen-bond acceptors (Lipinski definition) is 8. The van der Waals surface area contributed by atoms with Gasteiger partial charge in [-0.15, -0.1) is 0 Å². The average Bonchev–Trinajstić information content (AvgIpc) is 3.28. The maximum absolute atomic E-state index is 6.92. The lowest BCUT2D eigenvalue weighted by Gasteiger charge is -2.46. The van der Waals surface area contributed by atoms with E-state index < -0.39 is 39.3 Å². The van der Waals surface area contributed by atoms with Crippen molar-refractivity contribution in [2.75, 3.05) is 6.61 Å². The summed E-state index contributed by atoms with van der Waals surface area (Å²) in [7, 11) is -1.96. The van der Waals surface area contributed by atoms with Gasteiger partial charge in [0.25, 0.3) is 0 Å². The second kappa shape index (κ2) is 22.4. The van der Waals surface area contributed by atoms with E-state index in [0.717, 1.165) is 33.4 Å². The van der Waals surface area contributed by atoms with Crippen LogP contribution in [0.3, 0.4) is 0 Å². The highest BCUT2D eigenvalue weighted by molar-refractivity contribution is 7.41. The van der Waals surface area contributed by atoms with Crippen molar-refractivity contribution >= 4 is 8.60 Å². The van der Waals surface area contributed by atoms with Crippen LogP contribution in [0.15, 0.2) is 182 Å². The Balaban J connectivity index is 1.21. The van der Waals surface area contributed by atoms with Gasteiger partial charge in [0.1, 0.15) is 24.4 Å². The highest BCUT2D eigenvalue weighted by Crippen LogP contribution is 2.46. The number of rotatable bonds is 21. The summed E-state index contributed by atoms with van der Waals surface area (Å²) in [6.45, 7) is 2.10. The smallest absolute Gasteiger partial charge is 0.335 e. The fraction of sp³-hybridized carbons (Fsp3) is 0.250. The minimum absolute atomic E-state index is 0.207. The van der Waals surface area contributed by atoms with Crippen LogP contribution in [0.5, 0.6) is 0 Å². The molecule has 0 saturated carbocycles. The first-order valence-electron chi connectivity index (χ1n) is 19.3. The summed E-state index contributed by atoms with van der Waals surface area (Å²) in [6.07, 6.45) is -3.60. The standard InChI is InChI=1S/C48H49O8P/c1-7-19-38(20-8-1)31-49-37-44-45(50-32-39-21-9-2-10-22-39)46(51-33-40-23-11-3-12-24-40)47(52-34-41-25-13-4-14-26-41)48(55-44)56-57(53-35-42-27-15-5-16-28-42)54-36-43-29-17-6-18-30-43/h1-30,44-48H,31-37H2/t44-,45-,46+,47-,48-/m1/s1. The molecule has 1 saturated heterocycles. The minimum atomic E-state index is -1.96. The van der Waals surface area contributed by atoms with Crippen molar-refractivity contribution in [1.29, 1.82) is 0 Å². The normalized spacial score (nSPS) is 19.4. The van der Waals surface area contributed by atoms with Crippen LogP contribution < -0.4 is 0 Å². The molecule has 1 fully saturated rings. The van der Waals surface area contributed by atoms with Gasteiger partial charge < -0.3 is 32.7 Å². The molecule has 6 aromatic rings. The van der Waals surface area contributed by atoms with Gasteiger partial charge >= 0.3 is 8.60 Å². The van der Waals surface area contributed by atoms with Gasteiger partial charge in [-0.1, -0.05) is 182 Å². The lowest BCUT2D eigenvalue weighted by Crippen LogP contribution is -2.61. The number of ether oxygens (including phenoxy) is 5. The predicted octanol–water partition coefficient (Wildman–Crippen LogP) is 10.4. The van der Waals surface area contributed by atoms with E-state index in [1.165, 1.54) is 0 Å². The molecule has 57 heavy (non-hydrogen) atoms. The van der Waals surface area contributed by atoms with Crippen LogP contribution in [0.25, 0.3) is 0 Å². The third-order valence-corrected chi connectivity index (χ3v) is 10.4. The Morgan fingerprint density at radius 1 is 0.368 bits per heavy atom. The molecule has 5 atom stereocenters. The Morgan fingerprint density at radius 2 is 0.702 bits per heavy atom. The van der Waals surface area contributed by atoms with E-state index in [9.17, 15) is 0 Å². The summed E-state index contributed by atoms with van der Waals surface area (Å²) < 4.78 is 53.5. The van der Waals surface area contributed by atoms with Gasteiger partial charge in [-0.05, 0) is 33.4 Å². The van der Waals surface area contributed by atoms with Gasteiger partial charge in [0.2, 0.25) is 0 Å². The van der Waals surface area contributed by atoms with Gasteiger partial charge in [0.05, 0.1) is 46.2 Å². The Labute approximate surface area is 337 Å². The maximum Gasteiger partial charge on any atom is 0.335 e. The second-order valence-corrected chi connectivity index (χ2v) is 14.8. The summed E-state index contributed by atoms with van der Waals surface area (Å²) in [5.41, 5.74) is 6.07. The lowest BCUT2D eigenvalue weighted by atomic mass is 9.98. The van der Waals surface area contributed by atoms with Crippen LogP contribution in [0.4, 0.5) is 0 Å². The first-order chi connectivity index (χ1) is 28.3. The minimum Gasteiger partial charge on any atom is -0.374 e. The van der Waals surface area contributed by atoms with Crippen LogP contribution in [0.2, 0.25) is 0 Å². The molecular formula is C48H49O8P. The van der Waals surface area contributed by atoms with Gasteiger partial charge in [-0.2, -0.15) is 0 Å². The Kier molecular flexibility index (Phi) is 16.0. The first kappa shape index (κ1) is 40.6. The molecule has 294 valence electrons. The van der Waals surface area contributed by atoms with E-state index in [1.807, 2.05) is 182 Å². The molecule has 6 aromatic carbocycles. The topological polar surface area (TPSA) is 73.8 Å². The third kappa shape index (κ3) is 13.0. The Bertz CT molecular complexity index is 1920. The second-order valence-electron chi connectivity index (χ2n) is 13.7. The first-order valence-corrected chi connectivity index (χ1v) is 20.4. The Morgan fingerprint density at radius 3 is 1.11 bits per heavy atom. The zero-order chi connectivity index (χ0) is 38.7. The van der Waals surface area contributed by atoms with E-state index >= 15 is 0 Å². The molecule has 0 unspecified atom stereocenters. The molecule has 1 aliphatic heterocycles. The molecule has 9 heteroatoms. The molecule has 0 bridgehead atoms. The van der Waals surface area contributed by atoms with E-state index in [1.54, 1.807) is 0 Å². The molecule has 8 nitrogen and oxygen atoms in total. The van der Waals surface area contributed by atoms with Crippen molar-refractivity contribution < 1.29 is 37.3 Å². The molecule has 7 rings (SSSR count). The molecule has 0 aliphatic carbocycles. The van der Waals surface area contributed by atoms with Crippen molar-refractivity contribution in [2.24, 2.45) is 0 Å². The zero-order valence-corrected chi connectivity index (χ0v) is 32.8. The van der Waals surface area contributed by atoms with E-state index in [4.69, 9.17) is 37.3 Å². The van der Waals surface area contributed by atoms with Gasteiger partial charge in [-0.3, -0.25) is 4.52 Å². The monoisotopic (exact) mass is 784 g/mol. The van der Waals surface area contributed by atoms with Crippen molar-refractivity contribution in [3.05, 3.63) is 215 Å². The molecule has 0 radical (unpaired) electrons. The summed E-state index contributed by atoms with van der Waals surface area (Å²) >= 11 is 0. The van der Waals surface area contributed by atoms with Crippen LogP contribution in [-0.4, -0.2) is 37.3 Å². The van der Waals surface area contributed by atoms with E-state index in [2.05, 4.69) is 0 Å². The number of benzene rings is 6. The summed E-state index contributed by atoms with van der Waals surface area (Å²) in [6, 6.07) is 60.2. The fourth-order valence-electron chi connectivity index (χ4n) is 6.42. The van der Waals surface area contributed by atoms with Crippen LogP contribution in [-0.2, 0) is 76.9 Å². The van der Waals surface area contributed by atoms with Crippen molar-refractivity contribution in [3.63, 3.8) is 0 Å². The van der Waals surface area contributed by atoms with E-state index in [-0.39, 0.29) is 26.4 Å². The van der Waals surface area contributed by atoms with Crippen LogP contribution in [0, 0.1) is 0 Å². The highest BCUT2D eigenvalue weighted by atomic mass is 31.2. The summed E-state index contributed by atoms with van der Waals surface area (Å²) in [4.78, 5) is 0. The zero-order valence-electron chi connectivity index (χ0n) is 31.9. The third-order valence-electron chi connectivity index (χ3n) is 9.39. The van der Waals surface area contributed by atoms with Gasteiger partial charge in [0, 0.05) is 0 Å². The van der Waals surface area contributed by atoms with Crippen molar-refractivity contribution in [1.82, 2.24) is 0 Å². The average molecular weight is 785 g/mol. The van der Waals surface area contributed by atoms with Crippen LogP contribution >= 0.6 is 8.60 Å². The molecule has 0 N–H and O–H groups in total. The van der Waals surface area contributed by atoms with Crippen molar-refractivity contribution in [3.8, 4) is 0 Å². The SMILES string of the molecule is c1ccc(COC[C@H]2O[C@H](OP(OCc3ccccc3)OCc3ccccc3)[C@H](OCc3ccccc3)[C@@H](OCc3ccccc3)[C@@H]2OCc2ccccc2)cc1. The molecule has 0 spiro atoms. The molecule has 1 aliphatic rings. The van der Waals surface area contributed by atoms with Crippen molar-refractivity contribution in [2.45, 2.75) is 70.3 Å². The number of hydrogen-bond donors (Lipinski definition) is 0. The molecule has 0 aromatic heterocycles. The lowest BCUT2D eigenvalue weighted by molar-refractivity contribution is -0.311. The highest BCUT2D eigenvalue weighted by Gasteiger charge is 2.50. The summed E-state index contributed by atoms with van der Waals surface area (Å²) in [5, 5.41) is 0. The summed E-state index contributed by atoms with van der Waals surface area (Å²) in [5.74, 6) is 0. The Hall–Kier alpha value is -4.57. The molecule has 1 heterocycles. The largest absolute Gasteiger partial charge is 0.374 e. The van der Waals surface area contributed by atoms with Gasteiger partial charge in [-0.25, -0.2) is 0 Å². The van der Waals surface area contributed by atoms with Crippen LogP contribution in [0.1, 0.15) is 33.4 Å². The maximum atomic E-state index is 6.92. The molecular weight excluding hydrogens is 735 g/mol. The quantitative estimate of drug-likeness (QED) is 0.0668. The van der Waals surface area contributed by atoms with Gasteiger partial charge in [0.15, 0.2) is 6.29 Å². The fourth-order valence-corrected chi connectivity index (χ4v) is 7.46. The predicted molar refractivity (Wildman–Crippen MR) is 220 cm³/mol. The van der Waals surface area contributed by atoms with E-state index in [0.29, 0.717) is 19.8 Å².